The molecule has 0 bridgehead atoms. The molecule has 18 heavy (non-hydrogen) atoms. The smallest absolute Gasteiger partial charge is 0.155 e. The van der Waals surface area contributed by atoms with Crippen LogP contribution < -0.4 is 0 Å². The Balaban J connectivity index is 3.19. The van der Waals surface area contributed by atoms with Gasteiger partial charge in [-0.25, -0.2) is 0 Å². The van der Waals surface area contributed by atoms with Gasteiger partial charge in [0.1, 0.15) is 0 Å². The number of ketones is 1. The molecule has 0 aromatic heterocycles. The lowest BCUT2D eigenvalue weighted by atomic mass is 9.73. The second-order valence-electron chi connectivity index (χ2n) is 7.89. The fourth-order valence-electron chi connectivity index (χ4n) is 3.25. The highest BCUT2D eigenvalue weighted by molar-refractivity contribution is 5.89. The number of hydrogen-bond donors (Lipinski definition) is 0. The topological polar surface area (TPSA) is 20.3 Å². The van der Waals surface area contributed by atoms with E-state index < -0.39 is 0 Å². The molecule has 106 valence electrons. The number of likely N-dealkylation sites (tertiary alicyclic amines) is 1. The molecule has 2 heteroatoms. The molecule has 1 aliphatic rings. The maximum atomic E-state index is 12.8. The van der Waals surface area contributed by atoms with Gasteiger partial charge in [0, 0.05) is 17.5 Å². The summed E-state index contributed by atoms with van der Waals surface area (Å²) < 4.78 is 0. The van der Waals surface area contributed by atoms with E-state index in [9.17, 15) is 4.79 Å². The van der Waals surface area contributed by atoms with Crippen LogP contribution in [0.1, 0.15) is 62.3 Å². The molecule has 0 saturated carbocycles. The van der Waals surface area contributed by atoms with E-state index in [4.69, 9.17) is 0 Å². The van der Waals surface area contributed by atoms with Crippen LogP contribution in [-0.2, 0) is 4.79 Å². The molecule has 1 heterocycles. The van der Waals surface area contributed by atoms with Gasteiger partial charge in [-0.2, -0.15) is 0 Å². The fraction of sp³-hybridized carbons (Fsp3) is 0.938. The lowest BCUT2D eigenvalue weighted by Gasteiger charge is -2.36. The standard InChI is InChI=1S/C16H31NO/c1-10(2)17-12(4)16(8,9)11(3)13(17)14(18)15(5,6)7/h10-13H,1-9H3. The number of hydrogen-bond acceptors (Lipinski definition) is 2. The molecule has 1 fully saturated rings. The lowest BCUT2D eigenvalue weighted by molar-refractivity contribution is -0.133. The zero-order valence-corrected chi connectivity index (χ0v) is 13.7. The van der Waals surface area contributed by atoms with Crippen molar-refractivity contribution in [2.45, 2.75) is 80.4 Å². The SMILES string of the molecule is CC(C)N1C(C(=O)C(C)(C)C)C(C)C(C)(C)C1C. The van der Waals surface area contributed by atoms with Crippen LogP contribution in [0.2, 0.25) is 0 Å². The van der Waals surface area contributed by atoms with Crippen LogP contribution in [0.4, 0.5) is 0 Å². The summed E-state index contributed by atoms with van der Waals surface area (Å²) in [5, 5.41) is 0. The minimum Gasteiger partial charge on any atom is -0.297 e. The van der Waals surface area contributed by atoms with Crippen LogP contribution in [-0.4, -0.2) is 28.8 Å². The lowest BCUT2D eigenvalue weighted by Crippen LogP contribution is -2.49. The van der Waals surface area contributed by atoms with Gasteiger partial charge in [0.15, 0.2) is 5.78 Å². The normalized spacial score (nSPS) is 33.1. The van der Waals surface area contributed by atoms with Gasteiger partial charge in [0.25, 0.3) is 0 Å². The van der Waals surface area contributed by atoms with Crippen molar-refractivity contribution >= 4 is 5.78 Å². The quantitative estimate of drug-likeness (QED) is 0.747. The molecule has 3 unspecified atom stereocenters. The Bertz CT molecular complexity index is 324. The van der Waals surface area contributed by atoms with Crippen molar-refractivity contribution in [1.82, 2.24) is 4.90 Å². The van der Waals surface area contributed by atoms with Crippen molar-refractivity contribution in [1.29, 1.82) is 0 Å². The van der Waals surface area contributed by atoms with Gasteiger partial charge in [0.2, 0.25) is 0 Å². The highest BCUT2D eigenvalue weighted by atomic mass is 16.1. The molecule has 1 rings (SSSR count). The first-order valence-electron chi connectivity index (χ1n) is 7.24. The number of Topliss-reactive ketones (excluding diaryl/α,β-unsaturated/α-hetero) is 1. The summed E-state index contributed by atoms with van der Waals surface area (Å²) in [7, 11) is 0. The van der Waals surface area contributed by atoms with E-state index in [0.717, 1.165) is 0 Å². The third-order valence-corrected chi connectivity index (χ3v) is 5.10. The van der Waals surface area contributed by atoms with Crippen LogP contribution in [0.15, 0.2) is 0 Å². The minimum absolute atomic E-state index is 0.0648. The molecule has 1 aliphatic heterocycles. The number of rotatable bonds is 2. The number of nitrogens with zero attached hydrogens (tertiary/aromatic N) is 1. The van der Waals surface area contributed by atoms with Gasteiger partial charge >= 0.3 is 0 Å². The fourth-order valence-corrected chi connectivity index (χ4v) is 3.25. The van der Waals surface area contributed by atoms with Crippen molar-refractivity contribution < 1.29 is 4.79 Å². The summed E-state index contributed by atoms with van der Waals surface area (Å²) in [5.74, 6) is 0.794. The number of carbonyl (C=O) groups excluding carboxylic acids is 1. The molecular weight excluding hydrogens is 222 g/mol. The molecule has 2 nitrogen and oxygen atoms in total. The van der Waals surface area contributed by atoms with Gasteiger partial charge in [-0.05, 0) is 32.1 Å². The Morgan fingerprint density at radius 3 is 1.94 bits per heavy atom. The molecular formula is C16H31NO. The molecule has 0 N–H and O–H groups in total. The molecule has 3 atom stereocenters. The van der Waals surface area contributed by atoms with Gasteiger partial charge in [0.05, 0.1) is 6.04 Å². The molecule has 0 spiro atoms. The first-order valence-corrected chi connectivity index (χ1v) is 7.24. The Morgan fingerprint density at radius 2 is 1.61 bits per heavy atom. The minimum atomic E-state index is -0.258. The predicted molar refractivity (Wildman–Crippen MR) is 77.6 cm³/mol. The first kappa shape index (κ1) is 15.7. The summed E-state index contributed by atoms with van der Waals surface area (Å²) in [5.41, 5.74) is -0.0674. The van der Waals surface area contributed by atoms with Crippen molar-refractivity contribution in [2.75, 3.05) is 0 Å². The molecule has 0 amide bonds. The van der Waals surface area contributed by atoms with E-state index in [1.807, 2.05) is 20.8 Å². The largest absolute Gasteiger partial charge is 0.297 e. The number of carbonyl (C=O) groups is 1. The Kier molecular flexibility index (Phi) is 4.03. The van der Waals surface area contributed by atoms with E-state index in [1.54, 1.807) is 0 Å². The summed E-state index contributed by atoms with van der Waals surface area (Å²) in [6, 6.07) is 0.930. The molecule has 0 aromatic rings. The van der Waals surface area contributed by atoms with Crippen LogP contribution in [0.5, 0.6) is 0 Å². The zero-order chi connectivity index (χ0) is 14.5. The van der Waals surface area contributed by atoms with Gasteiger partial charge < -0.3 is 0 Å². The third kappa shape index (κ3) is 2.36. The van der Waals surface area contributed by atoms with Crippen LogP contribution in [0.25, 0.3) is 0 Å². The van der Waals surface area contributed by atoms with Crippen molar-refractivity contribution in [3.8, 4) is 0 Å². The summed E-state index contributed by atoms with van der Waals surface area (Å²) >= 11 is 0. The van der Waals surface area contributed by atoms with Crippen LogP contribution >= 0.6 is 0 Å². The molecule has 0 radical (unpaired) electrons. The maximum absolute atomic E-state index is 12.8. The van der Waals surface area contributed by atoms with Crippen molar-refractivity contribution in [3.05, 3.63) is 0 Å². The summed E-state index contributed by atoms with van der Waals surface area (Å²) in [4.78, 5) is 15.2. The average molecular weight is 253 g/mol. The van der Waals surface area contributed by atoms with E-state index in [-0.39, 0.29) is 16.9 Å². The zero-order valence-electron chi connectivity index (χ0n) is 13.7. The Morgan fingerprint density at radius 1 is 1.17 bits per heavy atom. The Hall–Kier alpha value is -0.370. The monoisotopic (exact) mass is 253 g/mol. The first-order chi connectivity index (χ1) is 7.92. The van der Waals surface area contributed by atoms with Crippen molar-refractivity contribution in [2.24, 2.45) is 16.7 Å². The third-order valence-electron chi connectivity index (χ3n) is 5.10. The highest BCUT2D eigenvalue weighted by Crippen LogP contribution is 2.47. The Labute approximate surface area is 113 Å². The second kappa shape index (κ2) is 4.63. The van der Waals surface area contributed by atoms with Gasteiger partial charge in [-0.3, -0.25) is 9.69 Å². The molecule has 0 aliphatic carbocycles. The van der Waals surface area contributed by atoms with Gasteiger partial charge in [-0.1, -0.05) is 41.5 Å². The second-order valence-corrected chi connectivity index (χ2v) is 7.89. The van der Waals surface area contributed by atoms with Gasteiger partial charge in [-0.15, -0.1) is 0 Å². The molecule has 0 aromatic carbocycles. The highest BCUT2D eigenvalue weighted by Gasteiger charge is 2.54. The van der Waals surface area contributed by atoms with Crippen LogP contribution in [0, 0.1) is 16.7 Å². The maximum Gasteiger partial charge on any atom is 0.155 e. The summed E-state index contributed by atoms with van der Waals surface area (Å²) in [6.45, 7) is 19.6. The van der Waals surface area contributed by atoms with E-state index in [0.29, 0.717) is 23.8 Å². The van der Waals surface area contributed by atoms with E-state index in [1.165, 1.54) is 0 Å². The van der Waals surface area contributed by atoms with E-state index in [2.05, 4.69) is 46.4 Å². The van der Waals surface area contributed by atoms with E-state index >= 15 is 0 Å². The van der Waals surface area contributed by atoms with Crippen molar-refractivity contribution in [3.63, 3.8) is 0 Å². The predicted octanol–water partition coefficient (Wildman–Crippen LogP) is 3.75. The average Bonchev–Trinajstić information content (AvgIpc) is 2.36. The summed E-state index contributed by atoms with van der Waals surface area (Å²) in [6.07, 6.45) is 0. The molecule has 1 saturated heterocycles. The van der Waals surface area contributed by atoms with Crippen LogP contribution in [0.3, 0.4) is 0 Å².